The second kappa shape index (κ2) is 13.3. The molecular formula is C28H38ClN3O5S. The molecule has 8 nitrogen and oxygen atoms in total. The Morgan fingerprint density at radius 3 is 2.53 bits per heavy atom. The van der Waals surface area contributed by atoms with Gasteiger partial charge in [0.25, 0.3) is 0 Å². The summed E-state index contributed by atoms with van der Waals surface area (Å²) in [6.07, 6.45) is 5.59. The molecule has 0 saturated heterocycles. The predicted octanol–water partition coefficient (Wildman–Crippen LogP) is 4.68. The molecule has 208 valence electrons. The number of carbonyl (C=O) groups excluding carboxylic acids is 2. The van der Waals surface area contributed by atoms with Gasteiger partial charge < -0.3 is 15.0 Å². The van der Waals surface area contributed by atoms with Crippen LogP contribution in [0.3, 0.4) is 0 Å². The lowest BCUT2D eigenvalue weighted by Crippen LogP contribution is -2.49. The van der Waals surface area contributed by atoms with Crippen LogP contribution >= 0.6 is 11.6 Å². The van der Waals surface area contributed by atoms with Crippen LogP contribution in [0.15, 0.2) is 42.5 Å². The highest BCUT2D eigenvalue weighted by Gasteiger charge is 2.29. The maximum atomic E-state index is 13.5. The van der Waals surface area contributed by atoms with Crippen LogP contribution in [0, 0.1) is 6.92 Å². The molecule has 3 rings (SSSR count). The monoisotopic (exact) mass is 563 g/mol. The van der Waals surface area contributed by atoms with E-state index in [1.165, 1.54) is 4.31 Å². The number of benzene rings is 2. The van der Waals surface area contributed by atoms with Crippen molar-refractivity contribution in [1.29, 1.82) is 0 Å². The Labute approximate surface area is 231 Å². The van der Waals surface area contributed by atoms with Gasteiger partial charge in [-0.3, -0.25) is 13.9 Å². The molecule has 2 amide bonds. The Balaban J connectivity index is 1.75. The van der Waals surface area contributed by atoms with E-state index in [-0.39, 0.29) is 43.8 Å². The molecule has 0 heterocycles. The minimum Gasteiger partial charge on any atom is -0.497 e. The third kappa shape index (κ3) is 8.11. The summed E-state index contributed by atoms with van der Waals surface area (Å²) in [6, 6.07) is 11.9. The number of nitrogens with one attached hydrogen (secondary N) is 1. The summed E-state index contributed by atoms with van der Waals surface area (Å²) in [7, 11) is -2.02. The number of nitrogens with zero attached hydrogens (tertiary/aromatic N) is 2. The summed E-state index contributed by atoms with van der Waals surface area (Å²) >= 11 is 6.13. The number of halogens is 1. The van der Waals surface area contributed by atoms with E-state index in [0.29, 0.717) is 16.5 Å². The number of amides is 2. The van der Waals surface area contributed by atoms with Crippen LogP contribution in [0.2, 0.25) is 5.02 Å². The van der Waals surface area contributed by atoms with Crippen molar-refractivity contribution in [2.24, 2.45) is 0 Å². The Morgan fingerprint density at radius 2 is 1.87 bits per heavy atom. The quantitative estimate of drug-likeness (QED) is 0.404. The van der Waals surface area contributed by atoms with Gasteiger partial charge in [0.05, 0.1) is 19.1 Å². The van der Waals surface area contributed by atoms with Gasteiger partial charge in [-0.25, -0.2) is 8.42 Å². The minimum absolute atomic E-state index is 0.0800. The first-order valence-electron chi connectivity index (χ1n) is 13.0. The average molecular weight is 564 g/mol. The van der Waals surface area contributed by atoms with E-state index in [1.54, 1.807) is 37.1 Å². The summed E-state index contributed by atoms with van der Waals surface area (Å²) < 4.78 is 31.8. The Hall–Kier alpha value is -2.78. The highest BCUT2D eigenvalue weighted by Crippen LogP contribution is 2.27. The molecule has 1 aliphatic rings. The fourth-order valence-corrected chi connectivity index (χ4v) is 5.96. The summed E-state index contributed by atoms with van der Waals surface area (Å²) in [5.41, 5.74) is 2.10. The van der Waals surface area contributed by atoms with Crippen LogP contribution in [-0.4, -0.2) is 57.1 Å². The number of anilines is 1. The number of rotatable bonds is 12. The first-order chi connectivity index (χ1) is 18.0. The molecule has 0 unspecified atom stereocenters. The van der Waals surface area contributed by atoms with Crippen molar-refractivity contribution in [2.45, 2.75) is 71.0 Å². The van der Waals surface area contributed by atoms with Gasteiger partial charge in [0.2, 0.25) is 21.8 Å². The van der Waals surface area contributed by atoms with Crippen LogP contribution in [0.5, 0.6) is 5.75 Å². The summed E-state index contributed by atoms with van der Waals surface area (Å²) in [5, 5.41) is 3.52. The highest BCUT2D eigenvalue weighted by molar-refractivity contribution is 7.92. The zero-order chi connectivity index (χ0) is 27.9. The fraction of sp³-hybridized carbons (Fsp3) is 0.500. The standard InChI is InChI=1S/C28H38ClN3O5S/c1-20-14-15-23(29)18-26(20)32(38(4,35)36)16-8-13-27(33)31(19-22-9-7-12-25(17-22)37-3)21(2)28(34)30-24-10-5-6-11-24/h7,9,12,14-15,17-18,21,24H,5-6,8,10-11,13,16,19H2,1-4H3,(H,30,34)/t21-/m1/s1. The van der Waals surface area contributed by atoms with Crippen LogP contribution in [0.25, 0.3) is 0 Å². The maximum absolute atomic E-state index is 13.5. The number of hydrogen-bond donors (Lipinski definition) is 1. The maximum Gasteiger partial charge on any atom is 0.242 e. The number of methoxy groups -OCH3 is 1. The Morgan fingerprint density at radius 1 is 1.16 bits per heavy atom. The smallest absolute Gasteiger partial charge is 0.242 e. The van der Waals surface area contributed by atoms with Gasteiger partial charge in [-0.15, -0.1) is 0 Å². The van der Waals surface area contributed by atoms with E-state index in [2.05, 4.69) is 5.32 Å². The minimum atomic E-state index is -3.60. The summed E-state index contributed by atoms with van der Waals surface area (Å²) in [6.45, 7) is 3.90. The summed E-state index contributed by atoms with van der Waals surface area (Å²) in [4.78, 5) is 28.2. The SMILES string of the molecule is COc1cccc(CN(C(=O)CCCN(c2cc(Cl)ccc2C)S(C)(=O)=O)[C@H](C)C(=O)NC2CCCC2)c1. The zero-order valence-electron chi connectivity index (χ0n) is 22.6. The van der Waals surface area contributed by atoms with Crippen molar-refractivity contribution in [3.05, 3.63) is 58.6 Å². The molecule has 38 heavy (non-hydrogen) atoms. The molecule has 0 bridgehead atoms. The molecule has 1 saturated carbocycles. The van der Waals surface area contributed by atoms with Crippen LogP contribution in [0.1, 0.15) is 56.6 Å². The zero-order valence-corrected chi connectivity index (χ0v) is 24.1. The fourth-order valence-electron chi connectivity index (χ4n) is 4.78. The number of hydrogen-bond acceptors (Lipinski definition) is 5. The molecular weight excluding hydrogens is 526 g/mol. The van der Waals surface area contributed by atoms with E-state index in [0.717, 1.165) is 43.1 Å². The molecule has 2 aromatic rings. The molecule has 2 aromatic carbocycles. The molecule has 0 radical (unpaired) electrons. The average Bonchev–Trinajstić information content (AvgIpc) is 3.38. The number of sulfonamides is 1. The van der Waals surface area contributed by atoms with E-state index in [1.807, 2.05) is 31.2 Å². The van der Waals surface area contributed by atoms with Crippen molar-refractivity contribution >= 4 is 39.1 Å². The van der Waals surface area contributed by atoms with Crippen molar-refractivity contribution in [1.82, 2.24) is 10.2 Å². The second-order valence-corrected chi connectivity index (χ2v) is 12.3. The van der Waals surface area contributed by atoms with E-state index >= 15 is 0 Å². The van der Waals surface area contributed by atoms with Crippen molar-refractivity contribution < 1.29 is 22.7 Å². The van der Waals surface area contributed by atoms with Gasteiger partial charge >= 0.3 is 0 Å². The second-order valence-electron chi connectivity index (χ2n) is 9.91. The van der Waals surface area contributed by atoms with Crippen molar-refractivity contribution in [2.75, 3.05) is 24.2 Å². The molecule has 0 aromatic heterocycles. The van der Waals surface area contributed by atoms with Gasteiger partial charge in [0, 0.05) is 30.6 Å². The van der Waals surface area contributed by atoms with Gasteiger partial charge in [0.1, 0.15) is 11.8 Å². The van der Waals surface area contributed by atoms with Gasteiger partial charge in [-0.1, -0.05) is 42.6 Å². The van der Waals surface area contributed by atoms with Crippen LogP contribution < -0.4 is 14.4 Å². The third-order valence-corrected chi connectivity index (χ3v) is 8.36. The van der Waals surface area contributed by atoms with Gasteiger partial charge in [-0.05, 0) is 68.5 Å². The molecule has 10 heteroatoms. The third-order valence-electron chi connectivity index (χ3n) is 6.95. The Kier molecular flexibility index (Phi) is 10.4. The van der Waals surface area contributed by atoms with Gasteiger partial charge in [-0.2, -0.15) is 0 Å². The number of aryl methyl sites for hydroxylation is 1. The molecule has 1 N–H and O–H groups in total. The van der Waals surface area contributed by atoms with E-state index in [9.17, 15) is 18.0 Å². The largest absolute Gasteiger partial charge is 0.497 e. The normalized spacial score (nSPS) is 14.7. The lowest BCUT2D eigenvalue weighted by molar-refractivity contribution is -0.141. The lowest BCUT2D eigenvalue weighted by Gasteiger charge is -2.30. The van der Waals surface area contributed by atoms with Gasteiger partial charge in [0.15, 0.2) is 0 Å². The molecule has 1 fully saturated rings. The lowest BCUT2D eigenvalue weighted by atomic mass is 10.1. The molecule has 1 atom stereocenters. The van der Waals surface area contributed by atoms with Crippen LogP contribution in [0.4, 0.5) is 5.69 Å². The topological polar surface area (TPSA) is 96.0 Å². The Bertz CT molecular complexity index is 1230. The highest BCUT2D eigenvalue weighted by atomic mass is 35.5. The molecule has 0 aliphatic heterocycles. The van der Waals surface area contributed by atoms with E-state index < -0.39 is 16.1 Å². The first-order valence-corrected chi connectivity index (χ1v) is 15.2. The number of carbonyl (C=O) groups is 2. The van der Waals surface area contributed by atoms with Crippen molar-refractivity contribution in [3.8, 4) is 5.75 Å². The van der Waals surface area contributed by atoms with Crippen LogP contribution in [-0.2, 0) is 26.2 Å². The first kappa shape index (κ1) is 29.8. The number of ether oxygens (including phenoxy) is 1. The van der Waals surface area contributed by atoms with E-state index in [4.69, 9.17) is 16.3 Å². The predicted molar refractivity (Wildman–Crippen MR) is 151 cm³/mol. The van der Waals surface area contributed by atoms with Crippen molar-refractivity contribution in [3.63, 3.8) is 0 Å². The molecule has 0 spiro atoms. The summed E-state index contributed by atoms with van der Waals surface area (Å²) in [5.74, 6) is 0.261. The molecule has 1 aliphatic carbocycles.